The van der Waals surface area contributed by atoms with Gasteiger partial charge in [0.2, 0.25) is 0 Å². The Morgan fingerprint density at radius 1 is 1.42 bits per heavy atom. The molecule has 7 nitrogen and oxygen atoms in total. The molecule has 0 bridgehead atoms. The Balaban J connectivity index is 2.04. The van der Waals surface area contributed by atoms with Crippen LogP contribution in [0.1, 0.15) is 32.1 Å². The maximum Gasteiger partial charge on any atom is 0.276 e. The van der Waals surface area contributed by atoms with Gasteiger partial charge in [0.15, 0.2) is 0 Å². The number of nitrogens with zero attached hydrogens (tertiary/aromatic N) is 2. The molecule has 0 aliphatic heterocycles. The smallest absolute Gasteiger partial charge is 0.276 e. The standard InChI is InChI=1S/C12H18N4O3/c13-10-6-9(16(18)19)7-11(15-10)14-8-12(17)4-2-1-3-5-12/h6-7,17H,1-5,8H2,(H3,13,14,15). The van der Waals surface area contributed by atoms with Gasteiger partial charge in [-0.2, -0.15) is 0 Å². The number of rotatable bonds is 4. The van der Waals surface area contributed by atoms with Gasteiger partial charge in [-0.25, -0.2) is 4.98 Å². The summed E-state index contributed by atoms with van der Waals surface area (Å²) in [5.74, 6) is 0.415. The second-order valence-corrected chi connectivity index (χ2v) is 5.03. The van der Waals surface area contributed by atoms with E-state index in [1.165, 1.54) is 12.1 Å². The Hall–Kier alpha value is -1.89. The lowest BCUT2D eigenvalue weighted by atomic mass is 9.85. The van der Waals surface area contributed by atoms with E-state index in [2.05, 4.69) is 10.3 Å². The molecule has 1 saturated carbocycles. The van der Waals surface area contributed by atoms with Crippen LogP contribution in [0.4, 0.5) is 17.3 Å². The number of aliphatic hydroxyl groups is 1. The first kappa shape index (κ1) is 13.5. The van der Waals surface area contributed by atoms with Crippen LogP contribution in [0.2, 0.25) is 0 Å². The van der Waals surface area contributed by atoms with Crippen molar-refractivity contribution in [2.24, 2.45) is 0 Å². The topological polar surface area (TPSA) is 114 Å². The Morgan fingerprint density at radius 2 is 2.11 bits per heavy atom. The molecule has 0 unspecified atom stereocenters. The van der Waals surface area contributed by atoms with Crippen LogP contribution in [0.25, 0.3) is 0 Å². The molecule has 0 saturated heterocycles. The van der Waals surface area contributed by atoms with E-state index >= 15 is 0 Å². The highest BCUT2D eigenvalue weighted by Crippen LogP contribution is 2.28. The normalized spacial score (nSPS) is 17.9. The number of nitrogens with one attached hydrogen (secondary N) is 1. The van der Waals surface area contributed by atoms with Crippen LogP contribution >= 0.6 is 0 Å². The molecule has 7 heteroatoms. The SMILES string of the molecule is Nc1cc([N+](=O)[O-])cc(NCC2(O)CCCCC2)n1. The van der Waals surface area contributed by atoms with E-state index in [0.29, 0.717) is 12.4 Å². The summed E-state index contributed by atoms with van der Waals surface area (Å²) >= 11 is 0. The monoisotopic (exact) mass is 266 g/mol. The van der Waals surface area contributed by atoms with E-state index in [0.717, 1.165) is 32.1 Å². The van der Waals surface area contributed by atoms with Crippen molar-refractivity contribution in [3.8, 4) is 0 Å². The average molecular weight is 266 g/mol. The molecule has 104 valence electrons. The molecule has 1 aromatic rings. The maximum absolute atomic E-state index is 10.7. The number of anilines is 2. The minimum atomic E-state index is -0.751. The third-order valence-corrected chi connectivity index (χ3v) is 3.42. The fourth-order valence-electron chi connectivity index (χ4n) is 2.37. The highest BCUT2D eigenvalue weighted by molar-refractivity contribution is 5.52. The second kappa shape index (κ2) is 5.40. The van der Waals surface area contributed by atoms with Crippen LogP contribution in [0, 0.1) is 10.1 Å². The molecular formula is C12H18N4O3. The largest absolute Gasteiger partial charge is 0.388 e. The first-order valence-corrected chi connectivity index (χ1v) is 6.37. The van der Waals surface area contributed by atoms with Crippen LogP contribution in [0.3, 0.4) is 0 Å². The van der Waals surface area contributed by atoms with Gasteiger partial charge in [-0.1, -0.05) is 19.3 Å². The van der Waals surface area contributed by atoms with Gasteiger partial charge >= 0.3 is 0 Å². The van der Waals surface area contributed by atoms with Crippen molar-refractivity contribution >= 4 is 17.3 Å². The molecule has 1 aliphatic carbocycles. The predicted octanol–water partition coefficient (Wildman–Crippen LogP) is 1.68. The number of nitro groups is 1. The molecular weight excluding hydrogens is 248 g/mol. The highest BCUT2D eigenvalue weighted by atomic mass is 16.6. The van der Waals surface area contributed by atoms with E-state index < -0.39 is 10.5 Å². The number of aromatic nitrogens is 1. The summed E-state index contributed by atoms with van der Waals surface area (Å²) in [6, 6.07) is 2.53. The molecule has 0 atom stereocenters. The lowest BCUT2D eigenvalue weighted by molar-refractivity contribution is -0.384. The van der Waals surface area contributed by atoms with Crippen LogP contribution in [0.5, 0.6) is 0 Å². The Morgan fingerprint density at radius 3 is 2.74 bits per heavy atom. The van der Waals surface area contributed by atoms with E-state index in [1.807, 2.05) is 0 Å². The van der Waals surface area contributed by atoms with Crippen molar-refractivity contribution in [1.29, 1.82) is 0 Å². The van der Waals surface area contributed by atoms with E-state index in [4.69, 9.17) is 5.73 Å². The number of nitrogens with two attached hydrogens (primary N) is 1. The number of hydrogen-bond acceptors (Lipinski definition) is 6. The van der Waals surface area contributed by atoms with Gasteiger partial charge < -0.3 is 16.2 Å². The molecule has 0 radical (unpaired) electrons. The summed E-state index contributed by atoms with van der Waals surface area (Å²) < 4.78 is 0. The lowest BCUT2D eigenvalue weighted by Crippen LogP contribution is -2.38. The van der Waals surface area contributed by atoms with Gasteiger partial charge in [-0.3, -0.25) is 10.1 Å². The fourth-order valence-corrected chi connectivity index (χ4v) is 2.37. The van der Waals surface area contributed by atoms with Crippen LogP contribution in [-0.4, -0.2) is 27.2 Å². The Kier molecular flexibility index (Phi) is 3.84. The summed E-state index contributed by atoms with van der Waals surface area (Å²) in [5.41, 5.74) is 4.66. The molecule has 0 aromatic carbocycles. The second-order valence-electron chi connectivity index (χ2n) is 5.03. The Bertz CT molecular complexity index is 472. The zero-order valence-electron chi connectivity index (χ0n) is 10.6. The van der Waals surface area contributed by atoms with Crippen molar-refractivity contribution in [3.05, 3.63) is 22.2 Å². The van der Waals surface area contributed by atoms with Crippen molar-refractivity contribution in [2.75, 3.05) is 17.6 Å². The minimum absolute atomic E-state index is 0.0901. The molecule has 19 heavy (non-hydrogen) atoms. The summed E-state index contributed by atoms with van der Waals surface area (Å²) in [5, 5.41) is 24.0. The van der Waals surface area contributed by atoms with Crippen molar-refractivity contribution in [2.45, 2.75) is 37.7 Å². The van der Waals surface area contributed by atoms with Crippen LogP contribution in [-0.2, 0) is 0 Å². The minimum Gasteiger partial charge on any atom is -0.388 e. The van der Waals surface area contributed by atoms with Gasteiger partial charge in [0.1, 0.15) is 11.6 Å². The zero-order valence-corrected chi connectivity index (χ0v) is 10.6. The van der Waals surface area contributed by atoms with Gasteiger partial charge in [-0.15, -0.1) is 0 Å². The summed E-state index contributed by atoms with van der Waals surface area (Å²) in [7, 11) is 0. The van der Waals surface area contributed by atoms with Crippen molar-refractivity contribution in [3.63, 3.8) is 0 Å². The molecule has 0 amide bonds. The summed E-state index contributed by atoms with van der Waals surface area (Å²) in [4.78, 5) is 14.2. The van der Waals surface area contributed by atoms with E-state index in [1.54, 1.807) is 0 Å². The van der Waals surface area contributed by atoms with E-state index in [9.17, 15) is 15.2 Å². The third kappa shape index (κ3) is 3.54. The lowest BCUT2D eigenvalue weighted by Gasteiger charge is -2.32. The van der Waals surface area contributed by atoms with Crippen LogP contribution < -0.4 is 11.1 Å². The molecule has 1 heterocycles. The van der Waals surface area contributed by atoms with Crippen molar-refractivity contribution < 1.29 is 10.0 Å². The predicted molar refractivity (Wildman–Crippen MR) is 71.8 cm³/mol. The number of hydrogen-bond donors (Lipinski definition) is 3. The maximum atomic E-state index is 10.7. The Labute approximate surface area is 111 Å². The van der Waals surface area contributed by atoms with Gasteiger partial charge in [0.25, 0.3) is 5.69 Å². The van der Waals surface area contributed by atoms with E-state index in [-0.39, 0.29) is 11.5 Å². The van der Waals surface area contributed by atoms with Gasteiger partial charge in [0, 0.05) is 6.54 Å². The first-order valence-electron chi connectivity index (χ1n) is 6.37. The fraction of sp³-hybridized carbons (Fsp3) is 0.583. The first-order chi connectivity index (χ1) is 8.98. The molecule has 2 rings (SSSR count). The van der Waals surface area contributed by atoms with Gasteiger partial charge in [-0.05, 0) is 12.8 Å². The molecule has 1 aromatic heterocycles. The number of pyridine rings is 1. The number of nitrogen functional groups attached to an aromatic ring is 1. The average Bonchev–Trinajstić information content (AvgIpc) is 2.37. The molecule has 4 N–H and O–H groups in total. The van der Waals surface area contributed by atoms with Gasteiger partial charge in [0.05, 0.1) is 22.7 Å². The molecule has 1 aliphatic rings. The quantitative estimate of drug-likeness (QED) is 0.564. The van der Waals surface area contributed by atoms with Crippen LogP contribution in [0.15, 0.2) is 12.1 Å². The highest BCUT2D eigenvalue weighted by Gasteiger charge is 2.29. The molecule has 1 fully saturated rings. The summed E-state index contributed by atoms with van der Waals surface area (Å²) in [6.07, 6.45) is 4.63. The third-order valence-electron chi connectivity index (χ3n) is 3.42. The summed E-state index contributed by atoms with van der Waals surface area (Å²) in [6.45, 7) is 0.334. The zero-order chi connectivity index (χ0) is 13.9. The van der Waals surface area contributed by atoms with Crippen molar-refractivity contribution in [1.82, 2.24) is 4.98 Å². The molecule has 0 spiro atoms.